The van der Waals surface area contributed by atoms with Gasteiger partial charge in [-0.25, -0.2) is 14.8 Å². The fourth-order valence-electron chi connectivity index (χ4n) is 6.51. The predicted molar refractivity (Wildman–Crippen MR) is 181 cm³/mol. The van der Waals surface area contributed by atoms with Crippen LogP contribution in [0.2, 0.25) is 0 Å². The number of amides is 1. The highest BCUT2D eigenvalue weighted by Crippen LogP contribution is 2.27. The van der Waals surface area contributed by atoms with E-state index in [0.717, 1.165) is 69.8 Å². The fourth-order valence-corrected chi connectivity index (χ4v) is 6.51. The Morgan fingerprint density at radius 1 is 0.723 bits per heavy atom. The van der Waals surface area contributed by atoms with Crippen LogP contribution >= 0.6 is 0 Å². The van der Waals surface area contributed by atoms with E-state index < -0.39 is 5.97 Å². The van der Waals surface area contributed by atoms with E-state index in [2.05, 4.69) is 36.6 Å². The van der Waals surface area contributed by atoms with Crippen molar-refractivity contribution >= 4 is 67.0 Å². The molecule has 6 aromatic heterocycles. The maximum Gasteiger partial charge on any atom is 0.339 e. The first-order valence-electron chi connectivity index (χ1n) is 15.5. The smallest absolute Gasteiger partial charge is 0.339 e. The molecule has 232 valence electrons. The number of para-hydroxylation sites is 4. The van der Waals surface area contributed by atoms with Gasteiger partial charge in [-0.3, -0.25) is 23.6 Å². The monoisotopic (exact) mass is 622 g/mol. The van der Waals surface area contributed by atoms with Crippen LogP contribution in [-0.4, -0.2) is 76.8 Å². The van der Waals surface area contributed by atoms with Gasteiger partial charge in [-0.1, -0.05) is 24.3 Å². The minimum Gasteiger partial charge on any atom is -0.478 e. The van der Waals surface area contributed by atoms with Crippen LogP contribution in [-0.2, 0) is 0 Å². The zero-order valence-electron chi connectivity index (χ0n) is 25.5. The Labute approximate surface area is 268 Å². The minimum absolute atomic E-state index is 0.0596. The SMILES string of the molecule is CN1CCC(NC(=O)c2cc3cnccc3n3c2nc2ccccc23)CC1.O=C(O)c1cc2cnccc2n2c1nc1ccccc12. The number of nitrogens with one attached hydrogen (secondary N) is 1. The third kappa shape index (κ3) is 4.97. The van der Waals surface area contributed by atoms with Crippen molar-refractivity contribution in [3.63, 3.8) is 0 Å². The largest absolute Gasteiger partial charge is 0.478 e. The van der Waals surface area contributed by atoms with Crippen molar-refractivity contribution in [1.29, 1.82) is 0 Å². The summed E-state index contributed by atoms with van der Waals surface area (Å²) >= 11 is 0. The molecule has 0 spiro atoms. The summed E-state index contributed by atoms with van der Waals surface area (Å²) in [5, 5.41) is 14.3. The van der Waals surface area contributed by atoms with Crippen molar-refractivity contribution < 1.29 is 14.7 Å². The van der Waals surface area contributed by atoms with Crippen molar-refractivity contribution in [2.75, 3.05) is 20.1 Å². The van der Waals surface area contributed by atoms with Gasteiger partial charge >= 0.3 is 5.97 Å². The molecular weight excluding hydrogens is 592 g/mol. The molecule has 1 aliphatic heterocycles. The van der Waals surface area contributed by atoms with Crippen LogP contribution in [0.3, 0.4) is 0 Å². The molecule has 11 nitrogen and oxygen atoms in total. The number of carbonyl (C=O) groups is 2. The second-order valence-electron chi connectivity index (χ2n) is 11.9. The lowest BCUT2D eigenvalue weighted by Gasteiger charge is -2.29. The number of rotatable bonds is 3. The Bertz CT molecular complexity index is 2490. The van der Waals surface area contributed by atoms with Gasteiger partial charge in [0, 0.05) is 41.6 Å². The summed E-state index contributed by atoms with van der Waals surface area (Å²) in [6.07, 6.45) is 8.88. The van der Waals surface area contributed by atoms with Crippen LogP contribution in [0.25, 0.3) is 55.2 Å². The molecule has 0 bridgehead atoms. The number of carboxylic acid groups (broad SMARTS) is 1. The van der Waals surface area contributed by atoms with E-state index in [-0.39, 0.29) is 17.5 Å². The summed E-state index contributed by atoms with van der Waals surface area (Å²) in [4.78, 5) is 44.4. The summed E-state index contributed by atoms with van der Waals surface area (Å²) in [5.74, 6) is -1.05. The number of carboxylic acids is 1. The summed E-state index contributed by atoms with van der Waals surface area (Å²) in [7, 11) is 2.12. The molecule has 0 radical (unpaired) electrons. The zero-order valence-corrected chi connectivity index (χ0v) is 25.5. The average molecular weight is 623 g/mol. The number of piperidine rings is 1. The number of hydrogen-bond acceptors (Lipinski definition) is 7. The Morgan fingerprint density at radius 2 is 1.23 bits per heavy atom. The second-order valence-corrected chi connectivity index (χ2v) is 11.9. The maximum absolute atomic E-state index is 13.1. The lowest BCUT2D eigenvalue weighted by atomic mass is 10.0. The van der Waals surface area contributed by atoms with Gasteiger partial charge in [0.15, 0.2) is 11.3 Å². The third-order valence-electron chi connectivity index (χ3n) is 8.87. The van der Waals surface area contributed by atoms with Gasteiger partial charge in [0.1, 0.15) is 5.56 Å². The summed E-state index contributed by atoms with van der Waals surface area (Å²) in [5.41, 5.74) is 7.39. The molecule has 0 atom stereocenters. The number of aromatic nitrogens is 6. The van der Waals surface area contributed by atoms with E-state index in [1.807, 2.05) is 71.1 Å². The number of imidazole rings is 2. The van der Waals surface area contributed by atoms with Crippen molar-refractivity contribution in [3.8, 4) is 0 Å². The molecule has 11 heteroatoms. The second kappa shape index (κ2) is 11.5. The predicted octanol–water partition coefficient (Wildman–Crippen LogP) is 5.59. The van der Waals surface area contributed by atoms with Crippen LogP contribution in [0.4, 0.5) is 0 Å². The zero-order chi connectivity index (χ0) is 32.1. The van der Waals surface area contributed by atoms with Crippen molar-refractivity contribution in [2.24, 2.45) is 0 Å². The highest BCUT2D eigenvalue weighted by atomic mass is 16.4. The van der Waals surface area contributed by atoms with Crippen molar-refractivity contribution in [2.45, 2.75) is 18.9 Å². The molecule has 47 heavy (non-hydrogen) atoms. The van der Waals surface area contributed by atoms with Crippen molar-refractivity contribution in [1.82, 2.24) is 39.0 Å². The van der Waals surface area contributed by atoms with Gasteiger partial charge in [0.2, 0.25) is 0 Å². The Kier molecular flexibility index (Phi) is 6.95. The number of carbonyl (C=O) groups excluding carboxylic acids is 1. The Morgan fingerprint density at radius 3 is 1.79 bits per heavy atom. The average Bonchev–Trinajstić information content (AvgIpc) is 3.68. The number of likely N-dealkylation sites (tertiary alicyclic amines) is 1. The number of hydrogen-bond donors (Lipinski definition) is 2. The first kappa shape index (κ1) is 28.5. The van der Waals surface area contributed by atoms with Crippen LogP contribution in [0.15, 0.2) is 97.6 Å². The van der Waals surface area contributed by atoms with E-state index >= 15 is 0 Å². The molecule has 1 aliphatic rings. The first-order valence-corrected chi connectivity index (χ1v) is 15.5. The summed E-state index contributed by atoms with van der Waals surface area (Å²) < 4.78 is 3.94. The standard InChI is InChI=1S/C21H21N5O.C15H9N3O2/c1-25-10-7-15(8-11-25)23-21(27)16-12-14-13-22-9-6-18(14)26-19-5-3-2-4-17(19)24-20(16)26;19-15(20)10-7-9-8-16-6-5-12(9)18-13-4-2-1-3-11(13)17-14(10)18/h2-6,9,12-13,15H,7-8,10-11H2,1H3,(H,23,27);1-8H,(H,19,20). The highest BCUT2D eigenvalue weighted by molar-refractivity contribution is 6.06. The third-order valence-corrected chi connectivity index (χ3v) is 8.87. The molecule has 2 aromatic carbocycles. The lowest BCUT2D eigenvalue weighted by molar-refractivity contribution is 0.0698. The van der Waals surface area contributed by atoms with E-state index in [1.54, 1.807) is 30.9 Å². The molecule has 7 heterocycles. The molecule has 9 rings (SSSR count). The number of nitrogens with zero attached hydrogens (tertiary/aromatic N) is 7. The number of pyridine rings is 4. The van der Waals surface area contributed by atoms with Gasteiger partial charge in [-0.2, -0.15) is 0 Å². The Hall–Kier alpha value is -5.94. The molecule has 8 aromatic rings. The first-order chi connectivity index (χ1) is 23.0. The van der Waals surface area contributed by atoms with Gasteiger partial charge in [-0.15, -0.1) is 0 Å². The number of fused-ring (bicyclic) bond motifs is 10. The maximum atomic E-state index is 13.1. The normalized spacial score (nSPS) is 14.2. The van der Waals surface area contributed by atoms with Crippen LogP contribution in [0.5, 0.6) is 0 Å². The van der Waals surface area contributed by atoms with Gasteiger partial charge in [0.05, 0.1) is 38.7 Å². The topological polar surface area (TPSA) is 130 Å². The van der Waals surface area contributed by atoms with Gasteiger partial charge in [0.25, 0.3) is 5.91 Å². The minimum atomic E-state index is -0.990. The molecule has 1 fully saturated rings. The van der Waals surface area contributed by atoms with E-state index in [1.165, 1.54) is 0 Å². The molecule has 1 amide bonds. The van der Waals surface area contributed by atoms with Gasteiger partial charge < -0.3 is 15.3 Å². The summed E-state index contributed by atoms with van der Waals surface area (Å²) in [6.45, 7) is 2.02. The number of aromatic carboxylic acids is 1. The van der Waals surface area contributed by atoms with E-state index in [9.17, 15) is 14.7 Å². The number of benzene rings is 2. The van der Waals surface area contributed by atoms with Crippen LogP contribution < -0.4 is 5.32 Å². The van der Waals surface area contributed by atoms with E-state index in [4.69, 9.17) is 4.98 Å². The van der Waals surface area contributed by atoms with Crippen LogP contribution in [0, 0.1) is 0 Å². The molecule has 2 N–H and O–H groups in total. The lowest BCUT2D eigenvalue weighted by Crippen LogP contribution is -2.43. The Balaban J connectivity index is 0.000000144. The van der Waals surface area contributed by atoms with Crippen LogP contribution in [0.1, 0.15) is 33.6 Å². The molecule has 1 saturated heterocycles. The van der Waals surface area contributed by atoms with E-state index in [0.29, 0.717) is 16.9 Å². The fraction of sp³-hybridized carbons (Fsp3) is 0.167. The molecule has 0 saturated carbocycles. The molecular formula is C36H30N8O3. The van der Waals surface area contributed by atoms with Gasteiger partial charge in [-0.05, 0) is 81.5 Å². The molecule has 0 unspecified atom stereocenters. The van der Waals surface area contributed by atoms with Crippen molar-refractivity contribution in [3.05, 3.63) is 109 Å². The highest BCUT2D eigenvalue weighted by Gasteiger charge is 2.23. The summed E-state index contributed by atoms with van der Waals surface area (Å²) in [6, 6.07) is 23.2. The molecule has 0 aliphatic carbocycles. The quantitative estimate of drug-likeness (QED) is 0.261.